The summed E-state index contributed by atoms with van der Waals surface area (Å²) in [6.07, 6.45) is 8.02. The van der Waals surface area contributed by atoms with Crippen molar-refractivity contribution < 1.29 is 18.0 Å². The van der Waals surface area contributed by atoms with E-state index in [1.165, 1.54) is 24.9 Å². The van der Waals surface area contributed by atoms with Crippen molar-refractivity contribution in [3.8, 4) is 12.3 Å². The first-order valence-electron chi connectivity index (χ1n) is 13.3. The molecule has 2 amide bonds. The summed E-state index contributed by atoms with van der Waals surface area (Å²) < 4.78 is 30.0. The molecule has 0 radical (unpaired) electrons. The summed E-state index contributed by atoms with van der Waals surface area (Å²) in [6.45, 7) is 4.07. The van der Waals surface area contributed by atoms with Gasteiger partial charge < -0.3 is 10.6 Å². The summed E-state index contributed by atoms with van der Waals surface area (Å²) in [7, 11) is -3.81. The lowest BCUT2D eigenvalue weighted by Gasteiger charge is -2.41. The van der Waals surface area contributed by atoms with Crippen LogP contribution in [0.3, 0.4) is 0 Å². The van der Waals surface area contributed by atoms with Crippen LogP contribution < -0.4 is 10.6 Å². The Labute approximate surface area is 225 Å². The molecule has 0 bridgehead atoms. The van der Waals surface area contributed by atoms with E-state index in [1.54, 1.807) is 0 Å². The van der Waals surface area contributed by atoms with Crippen molar-refractivity contribution in [3.63, 3.8) is 0 Å². The van der Waals surface area contributed by atoms with Crippen molar-refractivity contribution >= 4 is 32.8 Å². The van der Waals surface area contributed by atoms with Gasteiger partial charge in [-0.3, -0.25) is 14.5 Å². The van der Waals surface area contributed by atoms with E-state index in [0.29, 0.717) is 25.9 Å². The number of fused-ring (bicyclic) bond motifs is 1. The third-order valence-corrected chi connectivity index (χ3v) is 9.59. The van der Waals surface area contributed by atoms with Crippen LogP contribution >= 0.6 is 0 Å². The Morgan fingerprint density at radius 3 is 2.42 bits per heavy atom. The topological polar surface area (TPSA) is 102 Å². The molecule has 204 valence electrons. The summed E-state index contributed by atoms with van der Waals surface area (Å²) >= 11 is 0. The second-order valence-electron chi connectivity index (χ2n) is 9.93. The summed E-state index contributed by atoms with van der Waals surface area (Å²) in [4.78, 5) is 27.0. The van der Waals surface area contributed by atoms with Crippen LogP contribution in [0.15, 0.2) is 42.5 Å². The number of rotatable bonds is 10. The van der Waals surface area contributed by atoms with Gasteiger partial charge in [-0.15, -0.1) is 6.42 Å². The van der Waals surface area contributed by atoms with Gasteiger partial charge in [0.25, 0.3) is 10.2 Å². The van der Waals surface area contributed by atoms with Crippen molar-refractivity contribution in [2.75, 3.05) is 45.8 Å². The van der Waals surface area contributed by atoms with E-state index in [4.69, 9.17) is 6.42 Å². The van der Waals surface area contributed by atoms with Gasteiger partial charge in [-0.2, -0.15) is 17.0 Å². The summed E-state index contributed by atoms with van der Waals surface area (Å²) in [5, 5.41) is 7.45. The van der Waals surface area contributed by atoms with Crippen LogP contribution in [-0.4, -0.2) is 85.6 Å². The van der Waals surface area contributed by atoms with Crippen LogP contribution in [-0.2, 0) is 19.8 Å². The molecule has 38 heavy (non-hydrogen) atoms. The fraction of sp³-hybridized carbons (Fsp3) is 0.500. The van der Waals surface area contributed by atoms with Crippen LogP contribution in [0, 0.1) is 12.3 Å². The third-order valence-electron chi connectivity index (χ3n) is 7.55. The molecule has 2 heterocycles. The van der Waals surface area contributed by atoms with Crippen LogP contribution in [0.5, 0.6) is 0 Å². The molecule has 10 heteroatoms. The molecule has 1 atom stereocenters. The number of likely N-dealkylation sites (tertiary alicyclic amines) is 1. The molecule has 0 aromatic heterocycles. The molecule has 4 rings (SSSR count). The molecule has 2 aromatic carbocycles. The van der Waals surface area contributed by atoms with E-state index in [1.807, 2.05) is 6.07 Å². The summed E-state index contributed by atoms with van der Waals surface area (Å²) in [5.74, 6) is 1.38. The first-order valence-corrected chi connectivity index (χ1v) is 14.7. The van der Waals surface area contributed by atoms with Gasteiger partial charge in [-0.05, 0) is 48.9 Å². The standard InChI is InChI=1S/C28H37N5O4S/c1-3-15-29-27(34)20-30-28(35)21-33(38(36,37)32-16-6-7-17-32)24-13-18-31(19-14-24)22(2)25-12-8-10-23-9-4-5-11-26(23)25/h1,4-5,8-12,22,24H,6-7,13-21H2,2H3,(H,29,34)(H,30,35)/t22-/m0/s1. The highest BCUT2D eigenvalue weighted by molar-refractivity contribution is 7.86. The fourth-order valence-corrected chi connectivity index (χ4v) is 7.31. The van der Waals surface area contributed by atoms with Gasteiger partial charge in [0, 0.05) is 38.3 Å². The molecule has 2 aliphatic heterocycles. The monoisotopic (exact) mass is 539 g/mol. The van der Waals surface area contributed by atoms with E-state index in [2.05, 4.69) is 64.8 Å². The second kappa shape index (κ2) is 12.7. The molecule has 2 aliphatic rings. The minimum absolute atomic E-state index is 0.0694. The van der Waals surface area contributed by atoms with Crippen molar-refractivity contribution in [3.05, 3.63) is 48.0 Å². The summed E-state index contributed by atoms with van der Waals surface area (Å²) in [5.41, 5.74) is 1.26. The number of carbonyl (C=O) groups excluding carboxylic acids is 2. The lowest BCUT2D eigenvalue weighted by Crippen LogP contribution is -2.55. The Hall–Kier alpha value is -2.97. The molecule has 9 nitrogen and oxygen atoms in total. The molecule has 2 N–H and O–H groups in total. The smallest absolute Gasteiger partial charge is 0.282 e. The maximum atomic E-state index is 13.6. The molecular weight excluding hydrogens is 502 g/mol. The second-order valence-corrected chi connectivity index (χ2v) is 11.8. The van der Waals surface area contributed by atoms with Crippen molar-refractivity contribution in [1.82, 2.24) is 24.1 Å². The van der Waals surface area contributed by atoms with Gasteiger partial charge in [-0.1, -0.05) is 48.4 Å². The first kappa shape index (κ1) is 28.0. The Morgan fingerprint density at radius 1 is 1.03 bits per heavy atom. The minimum atomic E-state index is -3.81. The lowest BCUT2D eigenvalue weighted by molar-refractivity contribution is -0.126. The zero-order chi connectivity index (χ0) is 27.1. The zero-order valence-corrected chi connectivity index (χ0v) is 22.8. The van der Waals surface area contributed by atoms with Crippen LogP contribution in [0.4, 0.5) is 0 Å². The molecule has 0 aliphatic carbocycles. The predicted molar refractivity (Wildman–Crippen MR) is 148 cm³/mol. The molecule has 2 fully saturated rings. The van der Waals surface area contributed by atoms with E-state index in [9.17, 15) is 18.0 Å². The number of nitrogens with one attached hydrogen (secondary N) is 2. The van der Waals surface area contributed by atoms with E-state index >= 15 is 0 Å². The zero-order valence-electron chi connectivity index (χ0n) is 21.9. The van der Waals surface area contributed by atoms with Crippen molar-refractivity contribution in [2.24, 2.45) is 0 Å². The van der Waals surface area contributed by atoms with Crippen molar-refractivity contribution in [2.45, 2.75) is 44.7 Å². The Morgan fingerprint density at radius 2 is 1.71 bits per heavy atom. The van der Waals surface area contributed by atoms with E-state index in [-0.39, 0.29) is 31.7 Å². The van der Waals surface area contributed by atoms with Crippen LogP contribution in [0.1, 0.15) is 44.2 Å². The maximum absolute atomic E-state index is 13.6. The SMILES string of the molecule is C#CCNC(=O)CNC(=O)CN(C1CCN([C@@H](C)c2cccc3ccccc23)CC1)S(=O)(=O)N1CCCC1. The highest BCUT2D eigenvalue weighted by Crippen LogP contribution is 2.32. The molecule has 2 saturated heterocycles. The number of benzene rings is 2. The average Bonchev–Trinajstić information content (AvgIpc) is 3.49. The number of carbonyl (C=O) groups is 2. The minimum Gasteiger partial charge on any atom is -0.346 e. The Balaban J connectivity index is 1.44. The van der Waals surface area contributed by atoms with Gasteiger partial charge in [-0.25, -0.2) is 0 Å². The summed E-state index contributed by atoms with van der Waals surface area (Å²) in [6, 6.07) is 14.6. The molecule has 0 saturated carbocycles. The number of terminal acetylenes is 1. The van der Waals surface area contributed by atoms with Gasteiger partial charge in [0.2, 0.25) is 11.8 Å². The quantitative estimate of drug-likeness (QED) is 0.449. The average molecular weight is 540 g/mol. The van der Waals surface area contributed by atoms with E-state index < -0.39 is 22.0 Å². The normalized spacial score (nSPS) is 18.3. The van der Waals surface area contributed by atoms with E-state index in [0.717, 1.165) is 25.9 Å². The lowest BCUT2D eigenvalue weighted by atomic mass is 9.96. The van der Waals surface area contributed by atoms with Crippen molar-refractivity contribution in [1.29, 1.82) is 0 Å². The van der Waals surface area contributed by atoms with Gasteiger partial charge in [0.05, 0.1) is 19.6 Å². The number of hydrogen-bond donors (Lipinski definition) is 2. The molecular formula is C28H37N5O4S. The van der Waals surface area contributed by atoms with Gasteiger partial charge in [0.15, 0.2) is 0 Å². The predicted octanol–water partition coefficient (Wildman–Crippen LogP) is 1.87. The molecule has 0 unspecified atom stereocenters. The van der Waals surface area contributed by atoms with Crippen LogP contribution in [0.2, 0.25) is 0 Å². The molecule has 2 aromatic rings. The number of piperidine rings is 1. The van der Waals surface area contributed by atoms with Crippen LogP contribution in [0.25, 0.3) is 10.8 Å². The Kier molecular flexibility index (Phi) is 9.39. The molecule has 0 spiro atoms. The highest BCUT2D eigenvalue weighted by Gasteiger charge is 2.39. The Bertz CT molecular complexity index is 1270. The van der Waals surface area contributed by atoms with Gasteiger partial charge >= 0.3 is 0 Å². The van der Waals surface area contributed by atoms with Gasteiger partial charge in [0.1, 0.15) is 0 Å². The largest absolute Gasteiger partial charge is 0.346 e. The number of hydrogen-bond acceptors (Lipinski definition) is 5. The fourth-order valence-electron chi connectivity index (χ4n) is 5.43. The first-order chi connectivity index (χ1) is 18.3. The maximum Gasteiger partial charge on any atom is 0.282 e. The highest BCUT2D eigenvalue weighted by atomic mass is 32.2. The number of nitrogens with zero attached hydrogens (tertiary/aromatic N) is 3. The third kappa shape index (κ3) is 6.53. The number of amides is 2.